The van der Waals surface area contributed by atoms with E-state index in [0.29, 0.717) is 11.4 Å². The molecule has 2 aromatic rings. The van der Waals surface area contributed by atoms with Crippen molar-refractivity contribution < 1.29 is 4.79 Å². The van der Waals surface area contributed by atoms with Crippen LogP contribution in [0.2, 0.25) is 5.02 Å². The highest BCUT2D eigenvalue weighted by Gasteiger charge is 2.20. The van der Waals surface area contributed by atoms with E-state index in [4.69, 9.17) is 11.6 Å². The fourth-order valence-electron chi connectivity index (χ4n) is 2.54. The second kappa shape index (κ2) is 6.16. The van der Waals surface area contributed by atoms with Crippen LogP contribution in [0.1, 0.15) is 29.5 Å². The molecule has 1 aliphatic rings. The number of hydrogen-bond acceptors (Lipinski definition) is 3. The van der Waals surface area contributed by atoms with Crippen LogP contribution in [0.5, 0.6) is 0 Å². The molecular weight excluding hydrogens is 304 g/mol. The number of carbonyl (C=O) groups is 1. The number of aryl methyl sites for hydroxylation is 1. The Hall–Kier alpha value is -1.39. The summed E-state index contributed by atoms with van der Waals surface area (Å²) in [5.41, 5.74) is 2.12. The van der Waals surface area contributed by atoms with Gasteiger partial charge in [0.25, 0.3) is 0 Å². The number of amides is 1. The van der Waals surface area contributed by atoms with Gasteiger partial charge in [-0.3, -0.25) is 4.79 Å². The first kappa shape index (κ1) is 14.5. The molecule has 1 aromatic heterocycles. The molecule has 0 fully saturated rings. The predicted molar refractivity (Wildman–Crippen MR) is 87.1 cm³/mol. The van der Waals surface area contributed by atoms with Gasteiger partial charge in [-0.25, -0.2) is 4.98 Å². The lowest BCUT2D eigenvalue weighted by Gasteiger charge is -2.15. The smallest absolute Gasteiger partial charge is 0.230 e. The summed E-state index contributed by atoms with van der Waals surface area (Å²) in [6.07, 6.45) is 3.65. The topological polar surface area (TPSA) is 42.0 Å². The Morgan fingerprint density at radius 3 is 2.95 bits per heavy atom. The van der Waals surface area contributed by atoms with Crippen molar-refractivity contribution in [3.05, 3.63) is 45.4 Å². The zero-order chi connectivity index (χ0) is 14.8. The average molecular weight is 321 g/mol. The number of anilines is 1. The van der Waals surface area contributed by atoms with E-state index in [1.165, 1.54) is 17.0 Å². The van der Waals surface area contributed by atoms with Gasteiger partial charge in [-0.15, -0.1) is 11.3 Å². The van der Waals surface area contributed by atoms with Gasteiger partial charge in [0.2, 0.25) is 5.91 Å². The van der Waals surface area contributed by atoms with Gasteiger partial charge in [0.05, 0.1) is 12.1 Å². The molecule has 1 unspecified atom stereocenters. The molecular formula is C16H17ClN2OS. The molecule has 0 aliphatic heterocycles. The third kappa shape index (κ3) is 3.63. The summed E-state index contributed by atoms with van der Waals surface area (Å²) in [6.45, 7) is 2.27. The highest BCUT2D eigenvalue weighted by molar-refractivity contribution is 7.15. The molecule has 0 bridgehead atoms. The van der Waals surface area contributed by atoms with Gasteiger partial charge in [0, 0.05) is 9.90 Å². The van der Waals surface area contributed by atoms with Gasteiger partial charge in [0.15, 0.2) is 5.13 Å². The van der Waals surface area contributed by atoms with Crippen LogP contribution in [0.4, 0.5) is 5.13 Å². The van der Waals surface area contributed by atoms with E-state index in [0.717, 1.165) is 29.5 Å². The van der Waals surface area contributed by atoms with Crippen LogP contribution >= 0.6 is 22.9 Å². The number of thiazole rings is 1. The molecule has 1 heterocycles. The van der Waals surface area contributed by atoms with Gasteiger partial charge < -0.3 is 5.32 Å². The van der Waals surface area contributed by atoms with Crippen molar-refractivity contribution in [1.82, 2.24) is 4.98 Å². The minimum absolute atomic E-state index is 0.0310. The number of carbonyl (C=O) groups excluding carboxylic acids is 1. The molecule has 3 nitrogen and oxygen atoms in total. The second-order valence-corrected chi connectivity index (χ2v) is 7.11. The fourth-order valence-corrected chi connectivity index (χ4v) is 3.86. The maximum Gasteiger partial charge on any atom is 0.230 e. The normalized spacial score (nSPS) is 17.3. The summed E-state index contributed by atoms with van der Waals surface area (Å²) >= 11 is 7.46. The first-order valence-corrected chi connectivity index (χ1v) is 8.32. The Balaban J connectivity index is 1.64. The fraction of sp³-hybridized carbons (Fsp3) is 0.375. The van der Waals surface area contributed by atoms with Gasteiger partial charge in [-0.1, -0.05) is 30.7 Å². The molecule has 0 spiro atoms. The molecule has 5 heteroatoms. The summed E-state index contributed by atoms with van der Waals surface area (Å²) in [5, 5.41) is 4.32. The van der Waals surface area contributed by atoms with Gasteiger partial charge in [-0.05, 0) is 42.9 Å². The lowest BCUT2D eigenvalue weighted by molar-refractivity contribution is -0.115. The SMILES string of the molecule is CC1CCc2nc(NC(=O)Cc3ccc(Cl)cc3)sc2C1. The molecule has 0 saturated carbocycles. The number of rotatable bonds is 3. The summed E-state index contributed by atoms with van der Waals surface area (Å²) in [6, 6.07) is 7.34. The third-order valence-corrected chi connectivity index (χ3v) is 5.00. The largest absolute Gasteiger partial charge is 0.302 e. The van der Waals surface area contributed by atoms with Crippen LogP contribution in [0, 0.1) is 5.92 Å². The summed E-state index contributed by atoms with van der Waals surface area (Å²) in [7, 11) is 0. The molecule has 110 valence electrons. The van der Waals surface area contributed by atoms with E-state index in [9.17, 15) is 4.79 Å². The van der Waals surface area contributed by atoms with Crippen LogP contribution in [0.15, 0.2) is 24.3 Å². The van der Waals surface area contributed by atoms with E-state index in [1.54, 1.807) is 23.5 Å². The number of halogens is 1. The van der Waals surface area contributed by atoms with Crippen molar-refractivity contribution in [3.8, 4) is 0 Å². The lowest BCUT2D eigenvalue weighted by Crippen LogP contribution is -2.14. The number of fused-ring (bicyclic) bond motifs is 1. The summed E-state index contributed by atoms with van der Waals surface area (Å²) in [4.78, 5) is 17.9. The number of benzene rings is 1. The minimum atomic E-state index is -0.0310. The molecule has 1 N–H and O–H groups in total. The van der Waals surface area contributed by atoms with E-state index in [1.807, 2.05) is 12.1 Å². The van der Waals surface area contributed by atoms with E-state index >= 15 is 0 Å². The summed E-state index contributed by atoms with van der Waals surface area (Å²) in [5.74, 6) is 0.687. The molecule has 3 rings (SSSR count). The Kier molecular flexibility index (Phi) is 4.27. The Morgan fingerprint density at radius 2 is 2.19 bits per heavy atom. The number of nitrogens with one attached hydrogen (secondary N) is 1. The molecule has 1 aromatic carbocycles. The van der Waals surface area contributed by atoms with E-state index < -0.39 is 0 Å². The van der Waals surface area contributed by atoms with Gasteiger partial charge in [-0.2, -0.15) is 0 Å². The Morgan fingerprint density at radius 1 is 1.43 bits per heavy atom. The molecule has 21 heavy (non-hydrogen) atoms. The maximum atomic E-state index is 12.1. The van der Waals surface area contributed by atoms with E-state index in [-0.39, 0.29) is 5.91 Å². The maximum absolute atomic E-state index is 12.1. The average Bonchev–Trinajstić information content (AvgIpc) is 2.82. The van der Waals surface area contributed by atoms with Crippen molar-refractivity contribution in [1.29, 1.82) is 0 Å². The number of hydrogen-bond donors (Lipinski definition) is 1. The summed E-state index contributed by atoms with van der Waals surface area (Å²) < 4.78 is 0. The van der Waals surface area contributed by atoms with Crippen molar-refractivity contribution in [2.75, 3.05) is 5.32 Å². The number of aromatic nitrogens is 1. The molecule has 1 amide bonds. The molecule has 0 radical (unpaired) electrons. The van der Waals surface area contributed by atoms with E-state index in [2.05, 4.69) is 17.2 Å². The zero-order valence-corrected chi connectivity index (χ0v) is 13.4. The minimum Gasteiger partial charge on any atom is -0.302 e. The standard InChI is InChI=1S/C16H17ClN2OS/c1-10-2-7-13-14(8-10)21-16(18-13)19-15(20)9-11-3-5-12(17)6-4-11/h3-6,10H,2,7-9H2,1H3,(H,18,19,20). The van der Waals surface area contributed by atoms with Crippen molar-refractivity contribution >= 4 is 34.0 Å². The van der Waals surface area contributed by atoms with Crippen LogP contribution in [-0.4, -0.2) is 10.9 Å². The number of nitrogens with zero attached hydrogens (tertiary/aromatic N) is 1. The van der Waals surface area contributed by atoms with Crippen LogP contribution < -0.4 is 5.32 Å². The van der Waals surface area contributed by atoms with Crippen molar-refractivity contribution in [3.63, 3.8) is 0 Å². The van der Waals surface area contributed by atoms with Crippen molar-refractivity contribution in [2.45, 2.75) is 32.6 Å². The highest BCUT2D eigenvalue weighted by Crippen LogP contribution is 2.32. The highest BCUT2D eigenvalue weighted by atomic mass is 35.5. The third-order valence-electron chi connectivity index (χ3n) is 3.71. The first-order chi connectivity index (χ1) is 10.1. The quantitative estimate of drug-likeness (QED) is 0.925. The van der Waals surface area contributed by atoms with Gasteiger partial charge in [0.1, 0.15) is 0 Å². The first-order valence-electron chi connectivity index (χ1n) is 7.13. The molecule has 0 saturated heterocycles. The van der Waals surface area contributed by atoms with Crippen LogP contribution in [0.25, 0.3) is 0 Å². The molecule has 1 atom stereocenters. The molecule has 1 aliphatic carbocycles. The second-order valence-electron chi connectivity index (χ2n) is 5.59. The zero-order valence-electron chi connectivity index (χ0n) is 11.9. The van der Waals surface area contributed by atoms with Crippen LogP contribution in [-0.2, 0) is 24.1 Å². The van der Waals surface area contributed by atoms with Crippen LogP contribution in [0.3, 0.4) is 0 Å². The van der Waals surface area contributed by atoms with Crippen molar-refractivity contribution in [2.24, 2.45) is 5.92 Å². The Bertz CT molecular complexity index is 651. The van der Waals surface area contributed by atoms with Gasteiger partial charge >= 0.3 is 0 Å². The lowest BCUT2D eigenvalue weighted by atomic mass is 9.93. The Labute approximate surface area is 133 Å². The monoisotopic (exact) mass is 320 g/mol. The predicted octanol–water partition coefficient (Wildman–Crippen LogP) is 4.10.